The van der Waals surface area contributed by atoms with Gasteiger partial charge in [-0.15, -0.1) is 0 Å². The Kier molecular flexibility index (Phi) is 3.47. The number of benzene rings is 2. The Morgan fingerprint density at radius 3 is 1.74 bits per heavy atom. The summed E-state index contributed by atoms with van der Waals surface area (Å²) in [7, 11) is 0. The molecule has 2 aromatic rings. The first kappa shape index (κ1) is 13.4. The topological polar surface area (TPSA) is 17.1 Å². The quantitative estimate of drug-likeness (QED) is 0.758. The number of carbonyl (C=O) groups is 1. The molecule has 2 aromatic carbocycles. The molecule has 0 heterocycles. The number of hydrogen-bond acceptors (Lipinski definition) is 1. The Balaban J connectivity index is 2.35. The molecular weight excluding hydrogens is 246 g/mol. The zero-order valence-electron chi connectivity index (χ0n) is 10.8. The minimum absolute atomic E-state index is 0.126. The zero-order chi connectivity index (χ0) is 14.0. The first-order valence-electron chi connectivity index (χ1n) is 5.97. The number of hydrogen-bond donors (Lipinski definition) is 0. The van der Waals surface area contributed by atoms with Gasteiger partial charge in [-0.1, -0.05) is 12.1 Å². The summed E-state index contributed by atoms with van der Waals surface area (Å²) < 4.78 is 25.8. The van der Waals surface area contributed by atoms with Crippen LogP contribution in [0.5, 0.6) is 0 Å². The van der Waals surface area contributed by atoms with Crippen LogP contribution in [-0.4, -0.2) is 5.78 Å². The lowest BCUT2D eigenvalue weighted by Crippen LogP contribution is -2.29. The highest BCUT2D eigenvalue weighted by Crippen LogP contribution is 2.27. The highest BCUT2D eigenvalue weighted by molar-refractivity contribution is 6.03. The van der Waals surface area contributed by atoms with Gasteiger partial charge in [0.2, 0.25) is 0 Å². The molecule has 98 valence electrons. The average Bonchev–Trinajstić information content (AvgIpc) is 2.39. The van der Waals surface area contributed by atoms with Crippen LogP contribution in [0.3, 0.4) is 0 Å². The van der Waals surface area contributed by atoms with Crippen molar-refractivity contribution in [3.05, 3.63) is 71.3 Å². The molecule has 19 heavy (non-hydrogen) atoms. The molecular formula is C16H14F2O. The van der Waals surface area contributed by atoms with Gasteiger partial charge in [0.05, 0.1) is 5.41 Å². The molecule has 0 aliphatic carbocycles. The number of Topliss-reactive ketones (excluding diaryl/α,β-unsaturated/α-hetero) is 1. The summed E-state index contributed by atoms with van der Waals surface area (Å²) in [4.78, 5) is 12.4. The van der Waals surface area contributed by atoms with Crippen molar-refractivity contribution in [2.75, 3.05) is 0 Å². The zero-order valence-corrected chi connectivity index (χ0v) is 10.8. The summed E-state index contributed by atoms with van der Waals surface area (Å²) >= 11 is 0. The Bertz CT molecular complexity index is 583. The normalized spacial score (nSPS) is 11.4. The van der Waals surface area contributed by atoms with Gasteiger partial charge in [0.15, 0.2) is 5.78 Å². The van der Waals surface area contributed by atoms with Crippen molar-refractivity contribution in [1.82, 2.24) is 0 Å². The summed E-state index contributed by atoms with van der Waals surface area (Å²) in [5.41, 5.74) is 0.380. The summed E-state index contributed by atoms with van der Waals surface area (Å²) in [6.07, 6.45) is 0. The van der Waals surface area contributed by atoms with E-state index in [1.54, 1.807) is 26.0 Å². The van der Waals surface area contributed by atoms with Gasteiger partial charge in [0.1, 0.15) is 11.6 Å². The van der Waals surface area contributed by atoms with Crippen LogP contribution < -0.4 is 0 Å². The average molecular weight is 260 g/mol. The Morgan fingerprint density at radius 1 is 0.842 bits per heavy atom. The second-order valence-corrected chi connectivity index (χ2v) is 4.97. The van der Waals surface area contributed by atoms with E-state index in [2.05, 4.69) is 0 Å². The van der Waals surface area contributed by atoms with Crippen LogP contribution in [0.2, 0.25) is 0 Å². The third kappa shape index (κ3) is 2.70. The van der Waals surface area contributed by atoms with E-state index in [-0.39, 0.29) is 17.4 Å². The van der Waals surface area contributed by atoms with Crippen LogP contribution in [0.15, 0.2) is 48.5 Å². The molecule has 0 fully saturated rings. The van der Waals surface area contributed by atoms with Gasteiger partial charge in [0, 0.05) is 5.56 Å². The third-order valence-corrected chi connectivity index (χ3v) is 3.24. The van der Waals surface area contributed by atoms with Crippen molar-refractivity contribution in [2.45, 2.75) is 19.3 Å². The highest BCUT2D eigenvalue weighted by atomic mass is 19.1. The number of carbonyl (C=O) groups excluding carboxylic acids is 1. The standard InChI is InChI=1S/C16H14F2O/c1-16(2,12-5-9-14(18)10-6-12)15(19)11-3-7-13(17)8-4-11/h3-10H,1-2H3. The highest BCUT2D eigenvalue weighted by Gasteiger charge is 2.30. The SMILES string of the molecule is CC(C)(C(=O)c1ccc(F)cc1)c1ccc(F)cc1. The van der Waals surface area contributed by atoms with E-state index in [4.69, 9.17) is 0 Å². The van der Waals surface area contributed by atoms with Crippen molar-refractivity contribution in [3.8, 4) is 0 Å². The number of rotatable bonds is 3. The van der Waals surface area contributed by atoms with Crippen LogP contribution in [0, 0.1) is 11.6 Å². The van der Waals surface area contributed by atoms with E-state index < -0.39 is 5.41 Å². The molecule has 0 saturated carbocycles. The third-order valence-electron chi connectivity index (χ3n) is 3.24. The molecule has 0 unspecified atom stereocenters. The van der Waals surface area contributed by atoms with Crippen LogP contribution in [0.4, 0.5) is 8.78 Å². The molecule has 0 atom stereocenters. The summed E-state index contributed by atoms with van der Waals surface area (Å²) in [5, 5.41) is 0. The summed E-state index contributed by atoms with van der Waals surface area (Å²) in [6.45, 7) is 3.54. The van der Waals surface area contributed by atoms with Gasteiger partial charge in [0.25, 0.3) is 0 Å². The molecule has 3 heteroatoms. The van der Waals surface area contributed by atoms with Crippen LogP contribution in [-0.2, 0) is 5.41 Å². The first-order valence-corrected chi connectivity index (χ1v) is 5.97. The lowest BCUT2D eigenvalue weighted by molar-refractivity contribution is 0.0908. The monoisotopic (exact) mass is 260 g/mol. The molecule has 0 saturated heterocycles. The lowest BCUT2D eigenvalue weighted by atomic mass is 9.78. The Labute approximate surface area is 110 Å². The maximum Gasteiger partial charge on any atom is 0.172 e. The Morgan fingerprint density at radius 2 is 1.26 bits per heavy atom. The molecule has 0 aromatic heterocycles. The van der Waals surface area contributed by atoms with E-state index >= 15 is 0 Å². The molecule has 0 aliphatic rings. The van der Waals surface area contributed by atoms with E-state index in [1.807, 2.05) is 0 Å². The molecule has 0 aliphatic heterocycles. The maximum atomic E-state index is 12.9. The van der Waals surface area contributed by atoms with Crippen molar-refractivity contribution < 1.29 is 13.6 Å². The van der Waals surface area contributed by atoms with E-state index in [0.717, 1.165) is 5.56 Å². The van der Waals surface area contributed by atoms with Crippen LogP contribution in [0.25, 0.3) is 0 Å². The fourth-order valence-electron chi connectivity index (χ4n) is 1.96. The summed E-state index contributed by atoms with van der Waals surface area (Å²) in [5.74, 6) is -0.843. The van der Waals surface area contributed by atoms with E-state index in [9.17, 15) is 13.6 Å². The molecule has 0 bridgehead atoms. The van der Waals surface area contributed by atoms with Crippen molar-refractivity contribution in [3.63, 3.8) is 0 Å². The van der Waals surface area contributed by atoms with E-state index in [1.165, 1.54) is 36.4 Å². The molecule has 2 rings (SSSR count). The molecule has 1 nitrogen and oxygen atoms in total. The molecule has 0 spiro atoms. The fourth-order valence-corrected chi connectivity index (χ4v) is 1.96. The number of halogens is 2. The lowest BCUT2D eigenvalue weighted by Gasteiger charge is -2.23. The second kappa shape index (κ2) is 4.92. The molecule has 0 amide bonds. The van der Waals surface area contributed by atoms with Gasteiger partial charge in [-0.2, -0.15) is 0 Å². The van der Waals surface area contributed by atoms with Crippen molar-refractivity contribution in [1.29, 1.82) is 0 Å². The summed E-state index contributed by atoms with van der Waals surface area (Å²) in [6, 6.07) is 11.3. The minimum atomic E-state index is -0.786. The van der Waals surface area contributed by atoms with Crippen LogP contribution >= 0.6 is 0 Å². The second-order valence-electron chi connectivity index (χ2n) is 4.97. The van der Waals surface area contributed by atoms with Crippen molar-refractivity contribution >= 4 is 5.78 Å². The van der Waals surface area contributed by atoms with E-state index in [0.29, 0.717) is 5.56 Å². The smallest absolute Gasteiger partial charge is 0.172 e. The van der Waals surface area contributed by atoms with Crippen LogP contribution in [0.1, 0.15) is 29.8 Å². The van der Waals surface area contributed by atoms with Gasteiger partial charge in [-0.3, -0.25) is 4.79 Å². The molecule has 0 radical (unpaired) electrons. The van der Waals surface area contributed by atoms with Crippen molar-refractivity contribution in [2.24, 2.45) is 0 Å². The van der Waals surface area contributed by atoms with Gasteiger partial charge in [-0.25, -0.2) is 8.78 Å². The molecule has 0 N–H and O–H groups in total. The maximum absolute atomic E-state index is 12.9. The fraction of sp³-hybridized carbons (Fsp3) is 0.188. The number of ketones is 1. The first-order chi connectivity index (χ1) is 8.91. The largest absolute Gasteiger partial charge is 0.293 e. The van der Waals surface area contributed by atoms with Gasteiger partial charge in [-0.05, 0) is 55.8 Å². The Hall–Kier alpha value is -2.03. The predicted octanol–water partition coefficient (Wildman–Crippen LogP) is 4.13. The van der Waals surface area contributed by atoms with Gasteiger partial charge < -0.3 is 0 Å². The minimum Gasteiger partial charge on any atom is -0.293 e. The van der Waals surface area contributed by atoms with Gasteiger partial charge >= 0.3 is 0 Å². The predicted molar refractivity (Wildman–Crippen MR) is 70.2 cm³/mol.